The van der Waals surface area contributed by atoms with Gasteiger partial charge in [0.1, 0.15) is 11.6 Å². The molecule has 0 unspecified atom stereocenters. The van der Waals surface area contributed by atoms with Gasteiger partial charge in [-0.3, -0.25) is 9.59 Å². The van der Waals surface area contributed by atoms with Crippen LogP contribution < -0.4 is 15.4 Å². The minimum absolute atomic E-state index is 0.0538. The summed E-state index contributed by atoms with van der Waals surface area (Å²) in [7, 11) is 3.32. The van der Waals surface area contributed by atoms with Crippen molar-refractivity contribution in [3.8, 4) is 5.75 Å². The molecule has 156 valence electrons. The summed E-state index contributed by atoms with van der Waals surface area (Å²) >= 11 is 7.07. The highest BCUT2D eigenvalue weighted by Gasteiger charge is 2.15. The van der Waals surface area contributed by atoms with Crippen molar-refractivity contribution in [3.63, 3.8) is 0 Å². The summed E-state index contributed by atoms with van der Waals surface area (Å²) in [6.45, 7) is 0. The van der Waals surface area contributed by atoms with Crippen molar-refractivity contribution < 1.29 is 14.3 Å². The maximum Gasteiger partial charge on any atom is 0.234 e. The molecule has 0 atom stereocenters. The molecule has 2 aromatic carbocycles. The molecule has 2 N–H and O–H groups in total. The third-order valence-corrected chi connectivity index (χ3v) is 5.33. The molecule has 10 heteroatoms. The van der Waals surface area contributed by atoms with E-state index in [4.69, 9.17) is 16.3 Å². The van der Waals surface area contributed by atoms with Gasteiger partial charge in [0.25, 0.3) is 0 Å². The van der Waals surface area contributed by atoms with Crippen molar-refractivity contribution in [2.24, 2.45) is 7.05 Å². The first-order valence-corrected chi connectivity index (χ1v) is 10.3. The lowest BCUT2D eigenvalue weighted by Crippen LogP contribution is -2.17. The van der Waals surface area contributed by atoms with Crippen LogP contribution in [0.25, 0.3) is 0 Å². The zero-order valence-corrected chi connectivity index (χ0v) is 18.0. The van der Waals surface area contributed by atoms with Crippen molar-refractivity contribution in [2.45, 2.75) is 11.6 Å². The number of thioether (sulfide) groups is 1. The van der Waals surface area contributed by atoms with Crippen molar-refractivity contribution in [1.82, 2.24) is 14.8 Å². The molecule has 0 saturated carbocycles. The summed E-state index contributed by atoms with van der Waals surface area (Å²) in [6.07, 6.45) is 0.0538. The average molecular weight is 446 g/mol. The van der Waals surface area contributed by atoms with E-state index >= 15 is 0 Å². The van der Waals surface area contributed by atoms with E-state index in [0.717, 1.165) is 0 Å². The van der Waals surface area contributed by atoms with Crippen LogP contribution in [0.2, 0.25) is 5.02 Å². The van der Waals surface area contributed by atoms with E-state index in [0.29, 0.717) is 33.1 Å². The Balaban J connectivity index is 1.52. The minimum atomic E-state index is -0.226. The Morgan fingerprint density at radius 3 is 2.53 bits per heavy atom. The van der Waals surface area contributed by atoms with Crippen LogP contribution in [-0.2, 0) is 23.1 Å². The van der Waals surface area contributed by atoms with Gasteiger partial charge in [-0.15, -0.1) is 10.2 Å². The van der Waals surface area contributed by atoms with Crippen molar-refractivity contribution in [3.05, 3.63) is 59.4 Å². The zero-order valence-electron chi connectivity index (χ0n) is 16.4. The van der Waals surface area contributed by atoms with Crippen LogP contribution >= 0.6 is 23.4 Å². The van der Waals surface area contributed by atoms with Gasteiger partial charge < -0.3 is 19.9 Å². The van der Waals surface area contributed by atoms with E-state index in [1.54, 1.807) is 67.3 Å². The summed E-state index contributed by atoms with van der Waals surface area (Å²) < 4.78 is 6.85. The second-order valence-electron chi connectivity index (χ2n) is 6.26. The molecule has 30 heavy (non-hydrogen) atoms. The molecule has 0 spiro atoms. The van der Waals surface area contributed by atoms with E-state index in [-0.39, 0.29) is 24.0 Å². The van der Waals surface area contributed by atoms with E-state index in [2.05, 4.69) is 20.8 Å². The highest BCUT2D eigenvalue weighted by Crippen LogP contribution is 2.19. The van der Waals surface area contributed by atoms with Gasteiger partial charge in [0.2, 0.25) is 11.8 Å². The van der Waals surface area contributed by atoms with Gasteiger partial charge in [-0.05, 0) is 36.4 Å². The number of ether oxygens (including phenoxy) is 1. The van der Waals surface area contributed by atoms with E-state index in [1.807, 2.05) is 0 Å². The third-order valence-electron chi connectivity index (χ3n) is 4.06. The first kappa shape index (κ1) is 21.7. The van der Waals surface area contributed by atoms with Crippen molar-refractivity contribution in [2.75, 3.05) is 23.5 Å². The summed E-state index contributed by atoms with van der Waals surface area (Å²) in [5.74, 6) is 0.904. The Morgan fingerprint density at radius 1 is 1.07 bits per heavy atom. The monoisotopic (exact) mass is 445 g/mol. The van der Waals surface area contributed by atoms with Crippen LogP contribution in [0.3, 0.4) is 0 Å². The standard InChI is InChI=1S/C20H20ClN5O3S/c1-26-17(11-18(27)23-15-4-3-5-16(10-15)29-2)24-25-20(26)30-12-19(28)22-14-8-6-13(21)7-9-14/h3-10H,11-12H2,1-2H3,(H,22,28)(H,23,27). The van der Waals surface area contributed by atoms with E-state index < -0.39 is 0 Å². The van der Waals surface area contributed by atoms with Gasteiger partial charge in [0.15, 0.2) is 5.16 Å². The Bertz CT molecular complexity index is 1040. The third kappa shape index (κ3) is 5.98. The Morgan fingerprint density at radius 2 is 1.80 bits per heavy atom. The Kier molecular flexibility index (Phi) is 7.31. The molecule has 3 aromatic rings. The number of aromatic nitrogens is 3. The number of amides is 2. The molecule has 2 amide bonds. The lowest BCUT2D eigenvalue weighted by atomic mass is 10.3. The molecule has 0 aliphatic heterocycles. The van der Waals surface area contributed by atoms with Crippen LogP contribution in [0.1, 0.15) is 5.82 Å². The van der Waals surface area contributed by atoms with Crippen LogP contribution in [0.4, 0.5) is 11.4 Å². The fourth-order valence-corrected chi connectivity index (χ4v) is 3.39. The minimum Gasteiger partial charge on any atom is -0.497 e. The molecular formula is C20H20ClN5O3S. The van der Waals surface area contributed by atoms with E-state index in [9.17, 15) is 9.59 Å². The molecule has 0 aliphatic rings. The number of rotatable bonds is 8. The van der Waals surface area contributed by atoms with E-state index in [1.165, 1.54) is 11.8 Å². The number of carbonyl (C=O) groups is 2. The number of halogens is 1. The second kappa shape index (κ2) is 10.1. The average Bonchev–Trinajstić information content (AvgIpc) is 3.07. The zero-order chi connectivity index (χ0) is 21.5. The maximum atomic E-state index is 12.3. The van der Waals surface area contributed by atoms with Crippen LogP contribution in [0.15, 0.2) is 53.7 Å². The number of carbonyl (C=O) groups excluding carboxylic acids is 2. The number of hydrogen-bond acceptors (Lipinski definition) is 6. The Hall–Kier alpha value is -3.04. The van der Waals surface area contributed by atoms with Crippen LogP contribution in [0, 0.1) is 0 Å². The van der Waals surface area contributed by atoms with Crippen LogP contribution in [-0.4, -0.2) is 39.4 Å². The highest BCUT2D eigenvalue weighted by molar-refractivity contribution is 7.99. The van der Waals surface area contributed by atoms with Gasteiger partial charge in [-0.25, -0.2) is 0 Å². The second-order valence-corrected chi connectivity index (χ2v) is 7.64. The highest BCUT2D eigenvalue weighted by atomic mass is 35.5. The fraction of sp³-hybridized carbons (Fsp3) is 0.200. The largest absolute Gasteiger partial charge is 0.497 e. The summed E-state index contributed by atoms with van der Waals surface area (Å²) in [5.41, 5.74) is 1.30. The molecule has 0 radical (unpaired) electrons. The summed E-state index contributed by atoms with van der Waals surface area (Å²) in [6, 6.07) is 14.0. The molecule has 0 bridgehead atoms. The summed E-state index contributed by atoms with van der Waals surface area (Å²) in [5, 5.41) is 14.9. The van der Waals surface area contributed by atoms with Gasteiger partial charge in [-0.2, -0.15) is 0 Å². The molecule has 1 aromatic heterocycles. The molecular weight excluding hydrogens is 426 g/mol. The molecule has 0 fully saturated rings. The van der Waals surface area contributed by atoms with Crippen molar-refractivity contribution >= 4 is 46.6 Å². The molecule has 8 nitrogen and oxygen atoms in total. The number of nitrogens with one attached hydrogen (secondary N) is 2. The number of benzene rings is 2. The topological polar surface area (TPSA) is 98.1 Å². The lowest BCUT2D eigenvalue weighted by Gasteiger charge is -2.07. The predicted octanol–water partition coefficient (Wildman–Crippen LogP) is 3.39. The van der Waals surface area contributed by atoms with Gasteiger partial charge >= 0.3 is 0 Å². The summed E-state index contributed by atoms with van der Waals surface area (Å²) in [4.78, 5) is 24.4. The molecule has 1 heterocycles. The number of anilines is 2. The van der Waals surface area contributed by atoms with Crippen molar-refractivity contribution in [1.29, 1.82) is 0 Å². The van der Waals surface area contributed by atoms with Gasteiger partial charge in [0, 0.05) is 29.5 Å². The number of methoxy groups -OCH3 is 1. The van der Waals surface area contributed by atoms with Gasteiger partial charge in [-0.1, -0.05) is 29.4 Å². The molecule has 0 saturated heterocycles. The first-order valence-electron chi connectivity index (χ1n) is 8.95. The normalized spacial score (nSPS) is 10.5. The lowest BCUT2D eigenvalue weighted by molar-refractivity contribution is -0.116. The first-order chi connectivity index (χ1) is 14.4. The maximum absolute atomic E-state index is 12.3. The smallest absolute Gasteiger partial charge is 0.234 e. The van der Waals surface area contributed by atoms with Gasteiger partial charge in [0.05, 0.1) is 19.3 Å². The number of hydrogen-bond donors (Lipinski definition) is 2. The Labute approximate surface area is 183 Å². The predicted molar refractivity (Wildman–Crippen MR) is 117 cm³/mol. The quantitative estimate of drug-likeness (QED) is 0.516. The fourth-order valence-electron chi connectivity index (χ4n) is 2.53. The number of nitrogens with zero attached hydrogens (tertiary/aromatic N) is 3. The SMILES string of the molecule is COc1cccc(NC(=O)Cc2nnc(SCC(=O)Nc3ccc(Cl)cc3)n2C)c1. The molecule has 0 aliphatic carbocycles. The molecule has 3 rings (SSSR count). The van der Waals surface area contributed by atoms with Crippen LogP contribution in [0.5, 0.6) is 5.75 Å².